The summed E-state index contributed by atoms with van der Waals surface area (Å²) in [6.45, 7) is 4.35. The lowest BCUT2D eigenvalue weighted by Gasteiger charge is -2.31. The summed E-state index contributed by atoms with van der Waals surface area (Å²) in [4.78, 5) is 0. The molecule has 5 heteroatoms. The van der Waals surface area contributed by atoms with Crippen molar-refractivity contribution in [3.63, 3.8) is 0 Å². The van der Waals surface area contributed by atoms with Gasteiger partial charge in [-0.15, -0.1) is 0 Å². The summed E-state index contributed by atoms with van der Waals surface area (Å²) >= 11 is 1.93. The predicted octanol–water partition coefficient (Wildman–Crippen LogP) is 2.07. The van der Waals surface area contributed by atoms with Crippen LogP contribution in [0.2, 0.25) is 0 Å². The molecule has 0 aromatic carbocycles. The Morgan fingerprint density at radius 3 is 2.71 bits per heavy atom. The van der Waals surface area contributed by atoms with Crippen molar-refractivity contribution >= 4 is 21.6 Å². The maximum atomic E-state index is 11.6. The van der Waals surface area contributed by atoms with Gasteiger partial charge in [0.05, 0.1) is 5.25 Å². The van der Waals surface area contributed by atoms with E-state index in [-0.39, 0.29) is 5.25 Å². The third-order valence-electron chi connectivity index (χ3n) is 3.32. The predicted molar refractivity (Wildman–Crippen MR) is 76.5 cm³/mol. The minimum atomic E-state index is -2.86. The van der Waals surface area contributed by atoms with Crippen molar-refractivity contribution in [2.45, 2.75) is 56.9 Å². The molecule has 0 aromatic heterocycles. The minimum absolute atomic E-state index is 0.125. The summed E-state index contributed by atoms with van der Waals surface area (Å²) in [5.41, 5.74) is 0. The van der Waals surface area contributed by atoms with E-state index < -0.39 is 9.84 Å². The van der Waals surface area contributed by atoms with E-state index in [0.29, 0.717) is 12.1 Å². The molecule has 102 valence electrons. The molecule has 1 fully saturated rings. The van der Waals surface area contributed by atoms with Gasteiger partial charge in [-0.2, -0.15) is 11.8 Å². The van der Waals surface area contributed by atoms with Gasteiger partial charge in [-0.05, 0) is 31.9 Å². The van der Waals surface area contributed by atoms with Crippen molar-refractivity contribution in [1.29, 1.82) is 0 Å². The van der Waals surface area contributed by atoms with Crippen LogP contribution < -0.4 is 5.32 Å². The molecular formula is C12H25NO2S2. The monoisotopic (exact) mass is 279 g/mol. The molecule has 0 aliphatic heterocycles. The average molecular weight is 279 g/mol. The highest BCUT2D eigenvalue weighted by Gasteiger charge is 2.29. The van der Waals surface area contributed by atoms with Crippen LogP contribution in [0.15, 0.2) is 0 Å². The molecule has 17 heavy (non-hydrogen) atoms. The van der Waals surface area contributed by atoms with Gasteiger partial charge in [0.15, 0.2) is 0 Å². The molecule has 3 nitrogen and oxygen atoms in total. The van der Waals surface area contributed by atoms with Crippen LogP contribution in [0.4, 0.5) is 0 Å². The first-order chi connectivity index (χ1) is 7.93. The normalized spacial score (nSPS) is 27.9. The summed E-state index contributed by atoms with van der Waals surface area (Å²) in [5.74, 6) is 2.25. The van der Waals surface area contributed by atoms with Crippen molar-refractivity contribution in [2.75, 3.05) is 17.8 Å². The second-order valence-corrected chi connectivity index (χ2v) is 8.69. The molecule has 0 aromatic rings. The minimum Gasteiger partial charge on any atom is -0.311 e. The van der Waals surface area contributed by atoms with Crippen LogP contribution in [-0.4, -0.2) is 43.5 Å². The summed E-state index contributed by atoms with van der Waals surface area (Å²) in [5, 5.41) is 3.45. The van der Waals surface area contributed by atoms with Crippen molar-refractivity contribution < 1.29 is 8.42 Å². The molecule has 0 radical (unpaired) electrons. The Balaban J connectivity index is 2.39. The van der Waals surface area contributed by atoms with E-state index in [1.807, 2.05) is 11.8 Å². The molecule has 3 unspecified atom stereocenters. The van der Waals surface area contributed by atoms with Crippen molar-refractivity contribution in [3.8, 4) is 0 Å². The van der Waals surface area contributed by atoms with Crippen LogP contribution >= 0.6 is 11.8 Å². The molecule has 0 bridgehead atoms. The van der Waals surface area contributed by atoms with Crippen LogP contribution in [-0.2, 0) is 9.84 Å². The zero-order valence-electron chi connectivity index (χ0n) is 11.1. The van der Waals surface area contributed by atoms with Crippen molar-refractivity contribution in [2.24, 2.45) is 0 Å². The lowest BCUT2D eigenvalue weighted by atomic mass is 9.94. The standard InChI is InChI=1S/C12H25NO2S2/c1-4-16-9-10(2)13-11-6-5-7-12(8-11)17(3,14)15/h10-13H,4-9H2,1-3H3. The number of hydrogen-bond acceptors (Lipinski definition) is 4. The Hall–Kier alpha value is 0.260. The zero-order chi connectivity index (χ0) is 12.9. The first-order valence-corrected chi connectivity index (χ1v) is 9.57. The second kappa shape index (κ2) is 7.00. The quantitative estimate of drug-likeness (QED) is 0.808. The smallest absolute Gasteiger partial charge is 0.150 e. The van der Waals surface area contributed by atoms with E-state index in [4.69, 9.17) is 0 Å². The van der Waals surface area contributed by atoms with Gasteiger partial charge in [-0.25, -0.2) is 8.42 Å². The Kier molecular flexibility index (Phi) is 6.31. The van der Waals surface area contributed by atoms with Gasteiger partial charge < -0.3 is 5.32 Å². The van der Waals surface area contributed by atoms with Gasteiger partial charge in [0.2, 0.25) is 0 Å². The van der Waals surface area contributed by atoms with E-state index in [1.54, 1.807) is 0 Å². The SMILES string of the molecule is CCSCC(C)NC1CCCC(S(C)(=O)=O)C1. The molecule has 1 aliphatic rings. The fourth-order valence-electron chi connectivity index (χ4n) is 2.43. The van der Waals surface area contributed by atoms with Crippen LogP contribution in [0.3, 0.4) is 0 Å². The van der Waals surface area contributed by atoms with Crippen LogP contribution in [0, 0.1) is 0 Å². The largest absolute Gasteiger partial charge is 0.311 e. The number of thioether (sulfide) groups is 1. The second-order valence-electron chi connectivity index (χ2n) is 5.04. The third-order valence-corrected chi connectivity index (χ3v) is 6.11. The summed E-state index contributed by atoms with van der Waals surface area (Å²) in [6.07, 6.45) is 5.15. The number of nitrogens with one attached hydrogen (secondary N) is 1. The Bertz CT molecular complexity index is 316. The summed E-state index contributed by atoms with van der Waals surface area (Å²) in [7, 11) is -2.86. The Morgan fingerprint density at radius 1 is 1.41 bits per heavy atom. The third kappa shape index (κ3) is 5.62. The van der Waals surface area contributed by atoms with Gasteiger partial charge in [-0.1, -0.05) is 13.3 Å². The van der Waals surface area contributed by atoms with E-state index in [9.17, 15) is 8.42 Å². The van der Waals surface area contributed by atoms with Gasteiger partial charge >= 0.3 is 0 Å². The molecule has 0 amide bonds. The Morgan fingerprint density at radius 2 is 2.12 bits per heavy atom. The molecule has 0 saturated heterocycles. The molecule has 1 rings (SSSR count). The summed E-state index contributed by atoms with van der Waals surface area (Å²) in [6, 6.07) is 0.860. The fourth-order valence-corrected chi connectivity index (χ4v) is 4.29. The van der Waals surface area contributed by atoms with Gasteiger partial charge in [-0.3, -0.25) is 0 Å². The first-order valence-electron chi connectivity index (χ1n) is 6.46. The first kappa shape index (κ1) is 15.3. The van der Waals surface area contributed by atoms with Crippen LogP contribution in [0.25, 0.3) is 0 Å². The molecule has 0 spiro atoms. The molecule has 1 N–H and O–H groups in total. The fraction of sp³-hybridized carbons (Fsp3) is 1.00. The highest BCUT2D eigenvalue weighted by Crippen LogP contribution is 2.24. The topological polar surface area (TPSA) is 46.2 Å². The lowest BCUT2D eigenvalue weighted by Crippen LogP contribution is -2.43. The van der Waals surface area contributed by atoms with E-state index in [1.165, 1.54) is 6.26 Å². The maximum absolute atomic E-state index is 11.6. The molecular weight excluding hydrogens is 254 g/mol. The molecule has 3 atom stereocenters. The number of sulfone groups is 1. The molecule has 0 heterocycles. The molecule has 1 saturated carbocycles. The molecule has 1 aliphatic carbocycles. The van der Waals surface area contributed by atoms with Gasteiger partial charge in [0.25, 0.3) is 0 Å². The zero-order valence-corrected chi connectivity index (χ0v) is 12.7. The van der Waals surface area contributed by atoms with Crippen LogP contribution in [0.1, 0.15) is 39.5 Å². The number of hydrogen-bond donors (Lipinski definition) is 1. The lowest BCUT2D eigenvalue weighted by molar-refractivity contribution is 0.353. The Labute approximate surface area is 110 Å². The van der Waals surface area contributed by atoms with E-state index in [2.05, 4.69) is 19.2 Å². The van der Waals surface area contributed by atoms with Gasteiger partial charge in [0, 0.05) is 24.1 Å². The van der Waals surface area contributed by atoms with Crippen molar-refractivity contribution in [3.05, 3.63) is 0 Å². The van der Waals surface area contributed by atoms with Crippen molar-refractivity contribution in [1.82, 2.24) is 5.32 Å². The summed E-state index contributed by atoms with van der Waals surface area (Å²) < 4.78 is 23.1. The highest BCUT2D eigenvalue weighted by molar-refractivity contribution is 7.99. The number of rotatable bonds is 6. The maximum Gasteiger partial charge on any atom is 0.150 e. The van der Waals surface area contributed by atoms with E-state index >= 15 is 0 Å². The van der Waals surface area contributed by atoms with E-state index in [0.717, 1.165) is 37.2 Å². The van der Waals surface area contributed by atoms with Gasteiger partial charge in [0.1, 0.15) is 9.84 Å². The highest BCUT2D eigenvalue weighted by atomic mass is 32.2. The van der Waals surface area contributed by atoms with Crippen LogP contribution in [0.5, 0.6) is 0 Å². The average Bonchev–Trinajstić information content (AvgIpc) is 2.25.